The van der Waals surface area contributed by atoms with E-state index in [0.717, 1.165) is 28.4 Å². The van der Waals surface area contributed by atoms with E-state index in [0.29, 0.717) is 16.9 Å². The molecular formula is C34H36O12. The van der Waals surface area contributed by atoms with Gasteiger partial charge in [-0.25, -0.2) is 9.59 Å². The van der Waals surface area contributed by atoms with Crippen molar-refractivity contribution in [3.63, 3.8) is 0 Å². The fraction of sp³-hybridized carbons (Fsp3) is 0.382. The van der Waals surface area contributed by atoms with Gasteiger partial charge in [-0.05, 0) is 41.7 Å². The van der Waals surface area contributed by atoms with Crippen molar-refractivity contribution < 1.29 is 57.5 Å². The summed E-state index contributed by atoms with van der Waals surface area (Å²) in [5, 5.41) is 12.6. The van der Waals surface area contributed by atoms with Crippen molar-refractivity contribution >= 4 is 41.5 Å². The van der Waals surface area contributed by atoms with E-state index in [-0.39, 0.29) is 17.6 Å². The molecule has 4 rings (SSSR count). The standard InChI is InChI=1S/C34H36O12/c1-18-16-23-24(30(36)42-3)28(27(33(39)45-6)34(40,25(18)31(37)43-4)26(23)32(38)44-5)46-29(35)22(17-19-10-8-7-9-11-19)20-12-14-21(41-2)15-13-20/h7-15,17-18,23,25-27,40H,16H2,1-6H3/b22-17+. The number of hydrogen-bond donors (Lipinski definition) is 1. The Kier molecular flexibility index (Phi) is 10.3. The van der Waals surface area contributed by atoms with Gasteiger partial charge >= 0.3 is 29.8 Å². The van der Waals surface area contributed by atoms with Crippen LogP contribution in [0.25, 0.3) is 11.6 Å². The van der Waals surface area contributed by atoms with Gasteiger partial charge in [0.05, 0.1) is 58.5 Å². The fourth-order valence-corrected chi connectivity index (χ4v) is 6.66. The highest BCUT2D eigenvalue weighted by molar-refractivity contribution is 6.22. The quantitative estimate of drug-likeness (QED) is 0.186. The van der Waals surface area contributed by atoms with Gasteiger partial charge in [0.1, 0.15) is 23.0 Å². The molecule has 0 amide bonds. The molecule has 12 nitrogen and oxygen atoms in total. The molecule has 1 saturated carbocycles. The number of benzene rings is 2. The van der Waals surface area contributed by atoms with E-state index in [2.05, 4.69) is 0 Å². The number of carbonyl (C=O) groups is 5. The lowest BCUT2D eigenvalue weighted by Gasteiger charge is -2.55. The zero-order valence-corrected chi connectivity index (χ0v) is 26.3. The van der Waals surface area contributed by atoms with Crippen molar-refractivity contribution in [3.8, 4) is 5.75 Å². The zero-order valence-electron chi connectivity index (χ0n) is 26.3. The maximum absolute atomic E-state index is 14.2. The Morgan fingerprint density at radius 3 is 1.91 bits per heavy atom. The molecule has 6 unspecified atom stereocenters. The monoisotopic (exact) mass is 636 g/mol. The lowest BCUT2D eigenvalue weighted by molar-refractivity contribution is -0.212. The van der Waals surface area contributed by atoms with E-state index in [1.54, 1.807) is 67.6 Å². The van der Waals surface area contributed by atoms with Gasteiger partial charge in [-0.1, -0.05) is 49.4 Å². The first-order chi connectivity index (χ1) is 22.0. The Hall–Kier alpha value is -4.97. The molecule has 0 heterocycles. The summed E-state index contributed by atoms with van der Waals surface area (Å²) >= 11 is 0. The second-order valence-corrected chi connectivity index (χ2v) is 11.0. The molecule has 2 aromatic carbocycles. The first kappa shape index (κ1) is 33.9. The van der Waals surface area contributed by atoms with Gasteiger partial charge in [0, 0.05) is 5.92 Å². The molecule has 0 saturated heterocycles. The van der Waals surface area contributed by atoms with Gasteiger partial charge in [-0.2, -0.15) is 0 Å². The number of aliphatic hydroxyl groups is 1. The Balaban J connectivity index is 2.00. The van der Waals surface area contributed by atoms with E-state index in [1.165, 1.54) is 7.11 Å². The van der Waals surface area contributed by atoms with Crippen molar-refractivity contribution in [1.29, 1.82) is 0 Å². The number of ether oxygens (including phenoxy) is 6. The Labute approximate surface area is 265 Å². The zero-order chi connectivity index (χ0) is 33.8. The van der Waals surface area contributed by atoms with Gasteiger partial charge < -0.3 is 33.5 Å². The van der Waals surface area contributed by atoms with Crippen molar-refractivity contribution in [3.05, 3.63) is 77.1 Å². The largest absolute Gasteiger partial charge is 0.497 e. The minimum Gasteiger partial charge on any atom is -0.497 e. The van der Waals surface area contributed by atoms with Crippen LogP contribution in [0.5, 0.6) is 5.75 Å². The molecule has 1 fully saturated rings. The van der Waals surface area contributed by atoms with Crippen molar-refractivity contribution in [2.75, 3.05) is 35.5 Å². The maximum Gasteiger partial charge on any atom is 0.343 e. The van der Waals surface area contributed by atoms with Gasteiger partial charge in [0.2, 0.25) is 0 Å². The van der Waals surface area contributed by atoms with Crippen LogP contribution in [-0.2, 0) is 47.7 Å². The number of carbonyl (C=O) groups excluding carboxylic acids is 5. The molecule has 0 aromatic heterocycles. The second kappa shape index (κ2) is 14.0. The average Bonchev–Trinajstić information content (AvgIpc) is 3.06. The van der Waals surface area contributed by atoms with Crippen LogP contribution in [0, 0.1) is 29.6 Å². The topological polar surface area (TPSA) is 161 Å². The smallest absolute Gasteiger partial charge is 0.343 e. The van der Waals surface area contributed by atoms with Crippen molar-refractivity contribution in [1.82, 2.24) is 0 Å². The van der Waals surface area contributed by atoms with E-state index in [1.807, 2.05) is 0 Å². The number of methoxy groups -OCH3 is 5. The maximum atomic E-state index is 14.2. The minimum atomic E-state index is -2.60. The normalized spacial score (nSPS) is 25.5. The van der Waals surface area contributed by atoms with Crippen LogP contribution in [0.4, 0.5) is 0 Å². The number of rotatable bonds is 9. The molecule has 0 spiro atoms. The summed E-state index contributed by atoms with van der Waals surface area (Å²) in [5.74, 6) is -12.3. The predicted octanol–water partition coefficient (Wildman–Crippen LogP) is 2.97. The summed E-state index contributed by atoms with van der Waals surface area (Å²) in [6, 6.07) is 15.4. The number of hydrogen-bond acceptors (Lipinski definition) is 12. The molecule has 0 aliphatic heterocycles. The van der Waals surface area contributed by atoms with Gasteiger partial charge in [-0.15, -0.1) is 0 Å². The average molecular weight is 637 g/mol. The third-order valence-corrected chi connectivity index (χ3v) is 8.64. The van der Waals surface area contributed by atoms with E-state index >= 15 is 0 Å². The summed E-state index contributed by atoms with van der Waals surface area (Å²) < 4.78 is 31.3. The third kappa shape index (κ3) is 6.00. The van der Waals surface area contributed by atoms with E-state index in [4.69, 9.17) is 28.4 Å². The van der Waals surface area contributed by atoms with Gasteiger partial charge in [0.25, 0.3) is 0 Å². The molecule has 2 aliphatic rings. The van der Waals surface area contributed by atoms with Crippen molar-refractivity contribution in [2.24, 2.45) is 29.6 Å². The van der Waals surface area contributed by atoms with Crippen LogP contribution in [0.15, 0.2) is 65.9 Å². The van der Waals surface area contributed by atoms with Crippen LogP contribution in [0.1, 0.15) is 24.5 Å². The highest BCUT2D eigenvalue weighted by atomic mass is 16.6. The first-order valence-electron chi connectivity index (χ1n) is 14.4. The molecular weight excluding hydrogens is 600 g/mol. The van der Waals surface area contributed by atoms with Crippen LogP contribution in [-0.4, -0.2) is 76.1 Å². The molecule has 1 N–H and O–H groups in total. The molecule has 0 radical (unpaired) electrons. The molecule has 6 atom stereocenters. The first-order valence-corrected chi connectivity index (χ1v) is 14.4. The summed E-state index contributed by atoms with van der Waals surface area (Å²) in [6.07, 6.45) is 1.51. The highest BCUT2D eigenvalue weighted by Gasteiger charge is 2.71. The number of esters is 5. The van der Waals surface area contributed by atoms with Crippen molar-refractivity contribution in [2.45, 2.75) is 18.9 Å². The summed E-state index contributed by atoms with van der Waals surface area (Å²) in [4.78, 5) is 67.9. The minimum absolute atomic E-state index is 0.0133. The SMILES string of the molecule is COC(=O)C1=C(OC(=O)/C(=C/c2ccccc2)c2ccc(OC)cc2)C(C(=O)OC)C2(O)C(C(=O)OC)C(C)CC1C2C(=O)OC. The Morgan fingerprint density at radius 1 is 0.783 bits per heavy atom. The molecule has 46 heavy (non-hydrogen) atoms. The van der Waals surface area contributed by atoms with Crippen LogP contribution < -0.4 is 4.74 Å². The van der Waals surface area contributed by atoms with E-state index in [9.17, 15) is 29.1 Å². The molecule has 2 aliphatic carbocycles. The Morgan fingerprint density at radius 2 is 1.37 bits per heavy atom. The van der Waals surface area contributed by atoms with Crippen LogP contribution in [0.3, 0.4) is 0 Å². The molecule has 2 bridgehead atoms. The van der Waals surface area contributed by atoms with Gasteiger partial charge in [-0.3, -0.25) is 14.4 Å². The highest BCUT2D eigenvalue weighted by Crippen LogP contribution is 2.58. The third-order valence-electron chi connectivity index (χ3n) is 8.64. The lowest BCUT2D eigenvalue weighted by Crippen LogP contribution is -2.68. The lowest BCUT2D eigenvalue weighted by atomic mass is 9.50. The van der Waals surface area contributed by atoms with Crippen LogP contribution >= 0.6 is 0 Å². The summed E-state index contributed by atoms with van der Waals surface area (Å²) in [6.45, 7) is 1.61. The second-order valence-electron chi connectivity index (χ2n) is 11.0. The molecule has 2 aromatic rings. The van der Waals surface area contributed by atoms with Crippen LogP contribution in [0.2, 0.25) is 0 Å². The van der Waals surface area contributed by atoms with Gasteiger partial charge in [0.15, 0.2) is 0 Å². The molecule has 12 heteroatoms. The summed E-state index contributed by atoms with van der Waals surface area (Å²) in [7, 11) is 5.75. The fourth-order valence-electron chi connectivity index (χ4n) is 6.66. The Bertz CT molecular complexity index is 1560. The summed E-state index contributed by atoms with van der Waals surface area (Å²) in [5.41, 5.74) is -1.91. The predicted molar refractivity (Wildman–Crippen MR) is 161 cm³/mol. The molecule has 244 valence electrons. The van der Waals surface area contributed by atoms with E-state index < -0.39 is 70.8 Å². The number of fused-ring (bicyclic) bond motifs is 2.